The Labute approximate surface area is 94.6 Å². The molecule has 0 aliphatic rings. The molecule has 0 unspecified atom stereocenters. The number of nitrogens with zero attached hydrogens (tertiary/aromatic N) is 2. The minimum atomic E-state index is 0.467. The molecule has 0 aliphatic carbocycles. The van der Waals surface area contributed by atoms with Crippen LogP contribution in [0.15, 0.2) is 6.33 Å². The van der Waals surface area contributed by atoms with Gasteiger partial charge in [0.15, 0.2) is 0 Å². The largest absolute Gasteiger partial charge is 0.477 e. The van der Waals surface area contributed by atoms with Crippen LogP contribution in [0.1, 0.15) is 18.9 Å². The number of halogens is 1. The van der Waals surface area contributed by atoms with Gasteiger partial charge >= 0.3 is 0 Å². The van der Waals surface area contributed by atoms with Crippen LogP contribution in [-0.4, -0.2) is 30.3 Å². The van der Waals surface area contributed by atoms with Crippen LogP contribution in [0, 0.1) is 0 Å². The second-order valence-electron chi connectivity index (χ2n) is 3.00. The standard InChI is InChI=1S/C10H15ClN2O2/c1-3-8-9(11)12-7-13-10(8)15-6-4-5-14-2/h7H,3-6H2,1-2H3. The molecule has 0 aromatic carbocycles. The molecule has 1 aromatic rings. The van der Waals surface area contributed by atoms with Crippen LogP contribution >= 0.6 is 11.6 Å². The van der Waals surface area contributed by atoms with Gasteiger partial charge in [0, 0.05) is 20.1 Å². The first-order chi connectivity index (χ1) is 7.29. The van der Waals surface area contributed by atoms with Crippen LogP contribution in [0.2, 0.25) is 5.15 Å². The van der Waals surface area contributed by atoms with E-state index in [1.165, 1.54) is 6.33 Å². The first-order valence-electron chi connectivity index (χ1n) is 4.90. The van der Waals surface area contributed by atoms with E-state index in [0.29, 0.717) is 24.2 Å². The highest BCUT2D eigenvalue weighted by molar-refractivity contribution is 6.30. The van der Waals surface area contributed by atoms with E-state index in [2.05, 4.69) is 9.97 Å². The lowest BCUT2D eigenvalue weighted by atomic mass is 10.2. The van der Waals surface area contributed by atoms with E-state index in [0.717, 1.165) is 18.4 Å². The van der Waals surface area contributed by atoms with E-state index >= 15 is 0 Å². The molecule has 0 bridgehead atoms. The smallest absolute Gasteiger partial charge is 0.221 e. The summed E-state index contributed by atoms with van der Waals surface area (Å²) in [4.78, 5) is 7.95. The van der Waals surface area contributed by atoms with E-state index in [4.69, 9.17) is 21.1 Å². The number of hydrogen-bond donors (Lipinski definition) is 0. The molecule has 1 heterocycles. The number of methoxy groups -OCH3 is 1. The maximum Gasteiger partial charge on any atom is 0.221 e. The second kappa shape index (κ2) is 6.58. The Morgan fingerprint density at radius 1 is 1.33 bits per heavy atom. The molecular formula is C10H15ClN2O2. The quantitative estimate of drug-likeness (QED) is 0.555. The lowest BCUT2D eigenvalue weighted by Gasteiger charge is -2.09. The Bertz CT molecular complexity index is 307. The molecule has 0 spiro atoms. The van der Waals surface area contributed by atoms with Gasteiger partial charge in [-0.05, 0) is 6.42 Å². The van der Waals surface area contributed by atoms with Crippen molar-refractivity contribution in [3.05, 3.63) is 17.0 Å². The van der Waals surface area contributed by atoms with Crippen LogP contribution in [-0.2, 0) is 11.2 Å². The van der Waals surface area contributed by atoms with Gasteiger partial charge in [-0.1, -0.05) is 18.5 Å². The third kappa shape index (κ3) is 3.64. The molecule has 0 atom stereocenters. The summed E-state index contributed by atoms with van der Waals surface area (Å²) in [7, 11) is 1.67. The van der Waals surface area contributed by atoms with E-state index in [1.807, 2.05) is 6.92 Å². The SMILES string of the molecule is CCc1c(Cl)ncnc1OCCCOC. The molecular weight excluding hydrogens is 216 g/mol. The molecule has 1 rings (SSSR count). The van der Waals surface area contributed by atoms with Crippen molar-refractivity contribution in [1.29, 1.82) is 0 Å². The first-order valence-corrected chi connectivity index (χ1v) is 5.28. The summed E-state index contributed by atoms with van der Waals surface area (Å²) >= 11 is 5.91. The van der Waals surface area contributed by atoms with Gasteiger partial charge < -0.3 is 9.47 Å². The molecule has 0 saturated heterocycles. The summed E-state index contributed by atoms with van der Waals surface area (Å²) in [6.07, 6.45) is 3.01. The van der Waals surface area contributed by atoms with Gasteiger partial charge in [-0.15, -0.1) is 0 Å². The Kier molecular flexibility index (Phi) is 5.36. The predicted octanol–water partition coefficient (Wildman–Crippen LogP) is 2.11. The molecule has 0 radical (unpaired) electrons. The minimum absolute atomic E-state index is 0.467. The highest BCUT2D eigenvalue weighted by Crippen LogP contribution is 2.22. The van der Waals surface area contributed by atoms with E-state index < -0.39 is 0 Å². The lowest BCUT2D eigenvalue weighted by molar-refractivity contribution is 0.170. The summed E-state index contributed by atoms with van der Waals surface area (Å²) in [6.45, 7) is 3.25. The topological polar surface area (TPSA) is 44.2 Å². The summed E-state index contributed by atoms with van der Waals surface area (Å²) in [5.74, 6) is 0.577. The van der Waals surface area contributed by atoms with Crippen LogP contribution in [0.25, 0.3) is 0 Å². The zero-order valence-corrected chi connectivity index (χ0v) is 9.75. The van der Waals surface area contributed by atoms with Gasteiger partial charge in [0.1, 0.15) is 11.5 Å². The van der Waals surface area contributed by atoms with Crippen molar-refractivity contribution < 1.29 is 9.47 Å². The minimum Gasteiger partial charge on any atom is -0.477 e. The normalized spacial score (nSPS) is 10.3. The predicted molar refractivity (Wildman–Crippen MR) is 58.4 cm³/mol. The van der Waals surface area contributed by atoms with Gasteiger partial charge in [-0.2, -0.15) is 0 Å². The molecule has 5 heteroatoms. The van der Waals surface area contributed by atoms with Crippen LogP contribution in [0.3, 0.4) is 0 Å². The average Bonchev–Trinajstić information content (AvgIpc) is 2.24. The molecule has 0 amide bonds. The van der Waals surface area contributed by atoms with Crippen molar-refractivity contribution in [2.45, 2.75) is 19.8 Å². The summed E-state index contributed by atoms with van der Waals surface area (Å²) in [5, 5.41) is 0.467. The Balaban J connectivity index is 2.56. The van der Waals surface area contributed by atoms with Gasteiger partial charge in [0.2, 0.25) is 5.88 Å². The van der Waals surface area contributed by atoms with Crippen LogP contribution in [0.5, 0.6) is 5.88 Å². The fourth-order valence-electron chi connectivity index (χ4n) is 1.17. The fourth-order valence-corrected chi connectivity index (χ4v) is 1.43. The molecule has 1 aromatic heterocycles. The van der Waals surface area contributed by atoms with Gasteiger partial charge in [-0.25, -0.2) is 9.97 Å². The highest BCUT2D eigenvalue weighted by Gasteiger charge is 2.08. The van der Waals surface area contributed by atoms with E-state index in [-0.39, 0.29) is 0 Å². The van der Waals surface area contributed by atoms with Crippen molar-refractivity contribution in [3.8, 4) is 5.88 Å². The molecule has 0 saturated carbocycles. The van der Waals surface area contributed by atoms with Gasteiger partial charge in [-0.3, -0.25) is 0 Å². The highest BCUT2D eigenvalue weighted by atomic mass is 35.5. The lowest BCUT2D eigenvalue weighted by Crippen LogP contribution is -2.05. The van der Waals surface area contributed by atoms with Crippen molar-refractivity contribution in [2.24, 2.45) is 0 Å². The molecule has 0 fully saturated rings. The molecule has 15 heavy (non-hydrogen) atoms. The summed E-state index contributed by atoms with van der Waals surface area (Å²) < 4.78 is 10.4. The zero-order valence-electron chi connectivity index (χ0n) is 8.99. The Morgan fingerprint density at radius 2 is 2.13 bits per heavy atom. The second-order valence-corrected chi connectivity index (χ2v) is 3.35. The first kappa shape index (κ1) is 12.2. The monoisotopic (exact) mass is 230 g/mol. The fraction of sp³-hybridized carbons (Fsp3) is 0.600. The Hall–Kier alpha value is -0.870. The third-order valence-corrected chi connectivity index (χ3v) is 2.26. The van der Waals surface area contributed by atoms with E-state index in [9.17, 15) is 0 Å². The van der Waals surface area contributed by atoms with Gasteiger partial charge in [0.05, 0.1) is 12.2 Å². The molecule has 0 N–H and O–H groups in total. The number of ether oxygens (including phenoxy) is 2. The van der Waals surface area contributed by atoms with Crippen molar-refractivity contribution in [2.75, 3.05) is 20.3 Å². The zero-order chi connectivity index (χ0) is 11.1. The van der Waals surface area contributed by atoms with E-state index in [1.54, 1.807) is 7.11 Å². The molecule has 0 aliphatic heterocycles. The number of rotatable bonds is 6. The molecule has 4 nitrogen and oxygen atoms in total. The third-order valence-electron chi connectivity index (χ3n) is 1.94. The van der Waals surface area contributed by atoms with Crippen molar-refractivity contribution >= 4 is 11.6 Å². The maximum absolute atomic E-state index is 5.91. The Morgan fingerprint density at radius 3 is 2.80 bits per heavy atom. The molecule has 84 valence electrons. The van der Waals surface area contributed by atoms with Gasteiger partial charge in [0.25, 0.3) is 0 Å². The maximum atomic E-state index is 5.91. The van der Waals surface area contributed by atoms with Crippen molar-refractivity contribution in [1.82, 2.24) is 9.97 Å². The average molecular weight is 231 g/mol. The van der Waals surface area contributed by atoms with Crippen LogP contribution in [0.4, 0.5) is 0 Å². The number of hydrogen-bond acceptors (Lipinski definition) is 4. The summed E-state index contributed by atoms with van der Waals surface area (Å²) in [6, 6.07) is 0. The summed E-state index contributed by atoms with van der Waals surface area (Å²) in [5.41, 5.74) is 0.858. The number of aromatic nitrogens is 2. The van der Waals surface area contributed by atoms with Crippen molar-refractivity contribution in [3.63, 3.8) is 0 Å². The van der Waals surface area contributed by atoms with Crippen LogP contribution < -0.4 is 4.74 Å².